The van der Waals surface area contributed by atoms with E-state index in [2.05, 4.69) is 14.4 Å². The van der Waals surface area contributed by atoms with Crippen molar-refractivity contribution < 1.29 is 14.4 Å². The molecule has 1 atom stereocenters. The van der Waals surface area contributed by atoms with Gasteiger partial charge in [-0.2, -0.15) is 0 Å². The second kappa shape index (κ2) is 2.90. The van der Waals surface area contributed by atoms with Gasteiger partial charge in [0.05, 0.1) is 7.11 Å². The molecule has 0 aliphatic heterocycles. The molecule has 0 spiro atoms. The lowest BCUT2D eigenvalue weighted by Gasteiger charge is -1.90. The number of hydrogen-bond acceptors (Lipinski definition) is 4. The number of aliphatic hydroxyl groups is 1. The summed E-state index contributed by atoms with van der Waals surface area (Å²) in [5.74, 6) is 0.480. The number of rotatable bonds is 2. The van der Waals surface area contributed by atoms with Crippen LogP contribution in [0.1, 0.15) is 11.3 Å². The van der Waals surface area contributed by atoms with Gasteiger partial charge in [0.2, 0.25) is 0 Å². The minimum Gasteiger partial charge on any atom is -0.479 e. The van der Waals surface area contributed by atoms with Crippen LogP contribution < -0.4 is 4.74 Å². The lowest BCUT2D eigenvalue weighted by Crippen LogP contribution is -1.82. The smallest absolute Gasteiger partial charge is 0.254 e. The Balaban J connectivity index is 2.78. The molecule has 0 aliphatic rings. The zero-order valence-corrected chi connectivity index (χ0v) is 6.00. The molecule has 1 rings (SSSR count). The first-order valence-corrected chi connectivity index (χ1v) is 3.00. The first-order valence-electron chi connectivity index (χ1n) is 2.57. The molecule has 0 saturated heterocycles. The average Bonchev–Trinajstić information content (AvgIpc) is 2.34. The molecule has 1 unspecified atom stereocenters. The lowest BCUT2D eigenvalue weighted by molar-refractivity contribution is 0.210. The Morgan fingerprint density at radius 2 is 2.60 bits per heavy atom. The molecule has 0 saturated carbocycles. The highest BCUT2D eigenvalue weighted by Crippen LogP contribution is 2.20. The Labute approximate surface area is 62.3 Å². The fraction of sp³-hybridized carbons (Fsp3) is 0.400. The Bertz CT molecular complexity index is 210. The molecule has 0 aromatic carbocycles. The van der Waals surface area contributed by atoms with Crippen molar-refractivity contribution in [3.8, 4) is 5.88 Å². The maximum atomic E-state index is 8.71. The van der Waals surface area contributed by atoms with Gasteiger partial charge in [0.1, 0.15) is 0 Å². The van der Waals surface area contributed by atoms with Crippen molar-refractivity contribution in [3.05, 3.63) is 11.8 Å². The van der Waals surface area contributed by atoms with E-state index in [0.717, 1.165) is 0 Å². The second-order valence-electron chi connectivity index (χ2n) is 1.61. The number of halogens is 1. The number of methoxy groups -OCH3 is 1. The summed E-state index contributed by atoms with van der Waals surface area (Å²) in [4.78, 5) is 0. The van der Waals surface area contributed by atoms with Crippen LogP contribution >= 0.6 is 11.6 Å². The van der Waals surface area contributed by atoms with Crippen LogP contribution in [0.2, 0.25) is 0 Å². The van der Waals surface area contributed by atoms with Crippen molar-refractivity contribution in [2.24, 2.45) is 0 Å². The topological polar surface area (TPSA) is 55.5 Å². The number of aromatic nitrogens is 1. The van der Waals surface area contributed by atoms with Gasteiger partial charge in [0.25, 0.3) is 5.88 Å². The van der Waals surface area contributed by atoms with Crippen LogP contribution in [0.5, 0.6) is 5.88 Å². The summed E-state index contributed by atoms with van der Waals surface area (Å²) in [7, 11) is 1.45. The van der Waals surface area contributed by atoms with Crippen molar-refractivity contribution in [2.45, 2.75) is 5.56 Å². The number of hydrogen-bond donors (Lipinski definition) is 1. The highest BCUT2D eigenvalue weighted by atomic mass is 35.5. The third kappa shape index (κ3) is 1.40. The van der Waals surface area contributed by atoms with Gasteiger partial charge in [-0.25, -0.2) is 0 Å². The van der Waals surface area contributed by atoms with Gasteiger partial charge in [0, 0.05) is 6.07 Å². The highest BCUT2D eigenvalue weighted by Gasteiger charge is 2.09. The minimum absolute atomic E-state index is 0.179. The molecule has 0 fully saturated rings. The first kappa shape index (κ1) is 7.37. The van der Waals surface area contributed by atoms with Gasteiger partial charge in [-0.15, -0.1) is 0 Å². The van der Waals surface area contributed by atoms with E-state index < -0.39 is 5.56 Å². The van der Waals surface area contributed by atoms with Gasteiger partial charge in [0.15, 0.2) is 11.3 Å². The van der Waals surface area contributed by atoms with E-state index in [1.54, 1.807) is 0 Å². The van der Waals surface area contributed by atoms with Gasteiger partial charge >= 0.3 is 0 Å². The van der Waals surface area contributed by atoms with Crippen LogP contribution in [0.3, 0.4) is 0 Å². The van der Waals surface area contributed by atoms with Crippen molar-refractivity contribution in [1.29, 1.82) is 0 Å². The Morgan fingerprint density at radius 3 is 2.90 bits per heavy atom. The van der Waals surface area contributed by atoms with E-state index in [1.165, 1.54) is 13.2 Å². The second-order valence-corrected chi connectivity index (χ2v) is 2.02. The van der Waals surface area contributed by atoms with E-state index in [-0.39, 0.29) is 5.76 Å². The molecular formula is C5H6ClNO3. The molecule has 56 valence electrons. The third-order valence-corrected chi connectivity index (χ3v) is 1.17. The molecule has 1 aromatic heterocycles. The summed E-state index contributed by atoms with van der Waals surface area (Å²) in [6.45, 7) is 0. The molecular weight excluding hydrogens is 158 g/mol. The fourth-order valence-corrected chi connectivity index (χ4v) is 0.583. The Hall–Kier alpha value is -0.740. The van der Waals surface area contributed by atoms with E-state index in [4.69, 9.17) is 16.7 Å². The largest absolute Gasteiger partial charge is 0.479 e. The normalized spacial score (nSPS) is 13.1. The molecule has 5 heteroatoms. The number of ether oxygens (including phenoxy) is 1. The molecule has 1 heterocycles. The molecule has 0 aliphatic carbocycles. The quantitative estimate of drug-likeness (QED) is 0.659. The van der Waals surface area contributed by atoms with Crippen LogP contribution in [-0.4, -0.2) is 17.4 Å². The zero-order chi connectivity index (χ0) is 7.56. The van der Waals surface area contributed by atoms with Crippen LogP contribution in [-0.2, 0) is 0 Å². The Kier molecular flexibility index (Phi) is 2.13. The number of nitrogens with zero attached hydrogens (tertiary/aromatic N) is 1. The summed E-state index contributed by atoms with van der Waals surface area (Å²) in [5.41, 5.74) is -1.16. The maximum absolute atomic E-state index is 8.71. The lowest BCUT2D eigenvalue weighted by atomic mass is 10.5. The van der Waals surface area contributed by atoms with Gasteiger partial charge < -0.3 is 14.4 Å². The minimum atomic E-state index is -1.16. The standard InChI is InChI=1S/C5H6ClNO3/c1-9-4-2-3(5(6)8)10-7-4/h2,5,8H,1H3. The van der Waals surface area contributed by atoms with E-state index in [1.807, 2.05) is 0 Å². The number of alkyl halides is 1. The van der Waals surface area contributed by atoms with Crippen LogP contribution in [0, 0.1) is 0 Å². The van der Waals surface area contributed by atoms with Crippen LogP contribution in [0.25, 0.3) is 0 Å². The summed E-state index contributed by atoms with van der Waals surface area (Å²) >= 11 is 5.24. The fourth-order valence-electron chi connectivity index (χ4n) is 0.481. The molecule has 1 N–H and O–H groups in total. The number of aliphatic hydroxyl groups excluding tert-OH is 1. The third-order valence-electron chi connectivity index (χ3n) is 0.951. The summed E-state index contributed by atoms with van der Waals surface area (Å²) in [6.07, 6.45) is 0. The highest BCUT2D eigenvalue weighted by molar-refractivity contribution is 6.19. The molecule has 10 heavy (non-hydrogen) atoms. The van der Waals surface area contributed by atoms with Gasteiger partial charge in [-0.05, 0) is 5.16 Å². The molecule has 4 nitrogen and oxygen atoms in total. The van der Waals surface area contributed by atoms with Crippen LogP contribution in [0.4, 0.5) is 0 Å². The van der Waals surface area contributed by atoms with Crippen molar-refractivity contribution in [2.75, 3.05) is 7.11 Å². The molecule has 0 bridgehead atoms. The van der Waals surface area contributed by atoms with Crippen molar-refractivity contribution in [1.82, 2.24) is 5.16 Å². The monoisotopic (exact) mass is 163 g/mol. The van der Waals surface area contributed by atoms with E-state index in [9.17, 15) is 0 Å². The van der Waals surface area contributed by atoms with E-state index >= 15 is 0 Å². The van der Waals surface area contributed by atoms with Gasteiger partial charge in [-0.1, -0.05) is 11.6 Å². The summed E-state index contributed by atoms with van der Waals surface area (Å²) in [6, 6.07) is 1.41. The summed E-state index contributed by atoms with van der Waals surface area (Å²) in [5, 5.41) is 12.1. The van der Waals surface area contributed by atoms with Crippen molar-refractivity contribution in [3.63, 3.8) is 0 Å². The zero-order valence-electron chi connectivity index (χ0n) is 5.24. The predicted molar refractivity (Wildman–Crippen MR) is 33.9 cm³/mol. The first-order chi connectivity index (χ1) is 4.74. The molecule has 0 amide bonds. The maximum Gasteiger partial charge on any atom is 0.254 e. The van der Waals surface area contributed by atoms with Gasteiger partial charge in [-0.3, -0.25) is 0 Å². The van der Waals surface area contributed by atoms with Crippen LogP contribution in [0.15, 0.2) is 10.6 Å². The summed E-state index contributed by atoms with van der Waals surface area (Å²) < 4.78 is 9.23. The Morgan fingerprint density at radius 1 is 1.90 bits per heavy atom. The van der Waals surface area contributed by atoms with E-state index in [0.29, 0.717) is 5.88 Å². The SMILES string of the molecule is COc1cc(C(O)Cl)on1. The molecule has 0 radical (unpaired) electrons. The molecule has 1 aromatic rings. The average molecular weight is 164 g/mol. The van der Waals surface area contributed by atoms with Crippen molar-refractivity contribution >= 4 is 11.6 Å². The predicted octanol–water partition coefficient (Wildman–Crippen LogP) is 0.913.